The van der Waals surface area contributed by atoms with Crippen LogP contribution in [-0.4, -0.2) is 79.2 Å². The number of hydrogen-bond acceptors (Lipinski definition) is 13. The number of hydrogen-bond donors (Lipinski definition) is 4. The standard InChI is InChI=1S/C45H29N3.C35H22ClN3.C21H13BrClN3.C14H13BO2.C10H9BO2/c1-3-15-31(16-4-1)43-46-44(32-17-5-2-6-18-32)48-45(47-43)36-27-34(39-25-13-20-30-14-7-9-21-37(30)39)26-35(28-36)42-29-33-19-8-10-22-38(33)40-23-11-12-24-41(40)42;36-28-20-26(32-22-25-15-7-8-16-29(25)30-17-9-10-18-31(30)32)19-27(21-28)35-38-33(23-11-3-1-4-12-23)37-34(39-35)24-13-5-2-6-14-24;22-17-11-16(12-18(23)13-17)21-25-19(14-7-3-1-4-8-14)24-20(26-21)15-9-5-2-6-10-15;16-15(17)14-9-10-5-1-2-6-11(10)12-7-3-4-8-13(12)14;12-11(13)10-7-3-5-8-4-1-2-6-9(8)10/h1-29H;1-22H;1-13H;1-9,11-12,16-17H;1-7,12-13H. The summed E-state index contributed by atoms with van der Waals surface area (Å²) >= 11 is 16.5. The van der Waals surface area contributed by atoms with Crippen LogP contribution < -0.4 is 5.46 Å². The second-order valence-electron chi connectivity index (χ2n) is 34.6. The van der Waals surface area contributed by atoms with Gasteiger partial charge in [-0.15, -0.1) is 0 Å². The number of aromatic nitrogens is 9. The van der Waals surface area contributed by atoms with Crippen LogP contribution in [0.3, 0.4) is 0 Å². The molecule has 19 aromatic carbocycles. The van der Waals surface area contributed by atoms with Crippen molar-refractivity contribution >= 4 is 123 Å². The van der Waals surface area contributed by atoms with Gasteiger partial charge in [0.05, 0.1) is 0 Å². The Morgan fingerprint density at radius 2 is 0.524 bits per heavy atom. The molecule has 3 heterocycles. The number of fused-ring (bicyclic) bond motifs is 11. The summed E-state index contributed by atoms with van der Waals surface area (Å²) in [7, 11) is -2.80. The summed E-state index contributed by atoms with van der Waals surface area (Å²) in [5.41, 5.74) is 18.3. The smallest absolute Gasteiger partial charge is 0.423 e. The van der Waals surface area contributed by atoms with Gasteiger partial charge in [-0.1, -0.05) is 458 Å². The van der Waals surface area contributed by atoms with Gasteiger partial charge in [0.15, 0.2) is 52.4 Å². The van der Waals surface area contributed by atoms with Gasteiger partial charge in [-0.05, 0) is 187 Å². The number of benzene rings is 19. The maximum Gasteiger partial charge on any atom is 0.489 e. The van der Waals surface area contributed by atoms with E-state index in [4.69, 9.17) is 63.2 Å². The lowest BCUT2D eigenvalue weighted by atomic mass is 9.63. The molecule has 682 valence electrons. The highest BCUT2D eigenvalue weighted by atomic mass is 79.9. The van der Waals surface area contributed by atoms with E-state index < -0.39 is 14.2 Å². The Kier molecular flexibility index (Phi) is 27.5. The van der Waals surface area contributed by atoms with Crippen LogP contribution in [0.1, 0.15) is 0 Å². The van der Waals surface area contributed by atoms with E-state index in [-0.39, 0.29) is 5.92 Å². The Morgan fingerprint density at radius 3 is 0.944 bits per heavy atom. The summed E-state index contributed by atoms with van der Waals surface area (Å²) < 4.78 is 0.878. The fourth-order valence-corrected chi connectivity index (χ4v) is 19.8. The lowest BCUT2D eigenvalue weighted by Crippen LogP contribution is -2.30. The van der Waals surface area contributed by atoms with Crippen LogP contribution in [0.2, 0.25) is 10.0 Å². The first kappa shape index (κ1) is 92.6. The number of rotatable bonds is 14. The Hall–Kier alpha value is -16.8. The normalized spacial score (nSPS) is 13.2. The first-order chi connectivity index (χ1) is 70.3. The van der Waals surface area contributed by atoms with Crippen LogP contribution in [-0.2, 0) is 0 Å². The molecule has 0 radical (unpaired) electrons. The molecular formula is C125H86B2BrCl2N9O4. The van der Waals surface area contributed by atoms with Crippen molar-refractivity contribution in [2.24, 2.45) is 11.8 Å². The van der Waals surface area contributed by atoms with Crippen molar-refractivity contribution in [3.8, 4) is 136 Å². The molecule has 25 rings (SSSR count). The number of nitrogens with zero attached hydrogens (tertiary/aromatic N) is 9. The average molecular weight is 1950 g/mol. The molecule has 0 amide bonds. The third-order valence-electron chi connectivity index (χ3n) is 25.4. The summed E-state index contributed by atoms with van der Waals surface area (Å²) in [6.07, 6.45) is 18.2. The van der Waals surface area contributed by atoms with E-state index in [1.54, 1.807) is 6.07 Å². The van der Waals surface area contributed by atoms with Crippen molar-refractivity contribution < 1.29 is 20.1 Å². The second kappa shape index (κ2) is 42.5. The molecule has 0 spiro atoms. The first-order valence-electron chi connectivity index (χ1n) is 47.0. The summed E-state index contributed by atoms with van der Waals surface area (Å²) in [6.45, 7) is 0. The van der Waals surface area contributed by atoms with Crippen molar-refractivity contribution in [3.05, 3.63) is 517 Å². The van der Waals surface area contributed by atoms with E-state index in [0.29, 0.717) is 79.3 Å². The molecule has 4 N–H and O–H groups in total. The van der Waals surface area contributed by atoms with Gasteiger partial charge in [0.1, 0.15) is 0 Å². The molecule has 0 bridgehead atoms. The van der Waals surface area contributed by atoms with E-state index in [1.807, 2.05) is 291 Å². The van der Waals surface area contributed by atoms with E-state index in [9.17, 15) is 10.0 Å². The summed E-state index contributed by atoms with van der Waals surface area (Å²) in [5, 5.41) is 52.4. The molecule has 18 heteroatoms. The SMILES string of the molecule is Clc1cc(-c2nc(-c3ccccc3)nc(-c3ccccc3)n2)cc(-c2cc3ccccc3c3ccccc23)c1.Clc1cc(Br)cc(-c2nc(-c3ccccc3)nc(-c3ccccc3)n2)c1.OB(O)C1=C2C=CC=CC2C2C=CC=CC2=C1.OB(O)c1cccc2ccccc12.c1ccc(-c2nc(-c3ccccc3)nc(-c3cc(-c4cccc5ccccc45)cc(-c4cc5ccccc5c5ccccc45)c3)n2)cc1. The van der Waals surface area contributed by atoms with Crippen LogP contribution >= 0.6 is 39.1 Å². The minimum absolute atomic E-state index is 0.220. The zero-order valence-corrected chi connectivity index (χ0v) is 80.0. The maximum absolute atomic E-state index is 9.46. The maximum atomic E-state index is 9.46. The molecule has 3 aliphatic carbocycles. The minimum Gasteiger partial charge on any atom is -0.423 e. The Bertz CT molecular complexity index is 8520. The highest BCUT2D eigenvalue weighted by Crippen LogP contribution is 2.45. The van der Waals surface area contributed by atoms with Crippen molar-refractivity contribution in [3.63, 3.8) is 0 Å². The summed E-state index contributed by atoms with van der Waals surface area (Å²) in [5.74, 6) is 6.14. The monoisotopic (exact) mass is 1950 g/mol. The lowest BCUT2D eigenvalue weighted by molar-refractivity contribution is 0.418. The van der Waals surface area contributed by atoms with E-state index in [2.05, 4.69) is 219 Å². The minimum atomic E-state index is -1.41. The topological polar surface area (TPSA) is 197 Å². The summed E-state index contributed by atoms with van der Waals surface area (Å²) in [4.78, 5) is 43.9. The highest BCUT2D eigenvalue weighted by molar-refractivity contribution is 9.10. The van der Waals surface area contributed by atoms with Crippen molar-refractivity contribution in [2.45, 2.75) is 0 Å². The van der Waals surface area contributed by atoms with Gasteiger partial charge in [-0.2, -0.15) is 0 Å². The molecule has 22 aromatic rings. The zero-order chi connectivity index (χ0) is 97.1. The van der Waals surface area contributed by atoms with E-state index >= 15 is 0 Å². The van der Waals surface area contributed by atoms with Crippen LogP contribution in [0.25, 0.3) is 201 Å². The average Bonchev–Trinajstić information content (AvgIpc) is 0.825. The predicted octanol–water partition coefficient (Wildman–Crippen LogP) is 29.7. The Labute approximate surface area is 846 Å². The number of allylic oxidation sites excluding steroid dienone is 12. The van der Waals surface area contributed by atoms with Gasteiger partial charge < -0.3 is 20.1 Å². The van der Waals surface area contributed by atoms with E-state index in [1.165, 1.54) is 65.0 Å². The molecule has 2 unspecified atom stereocenters. The summed E-state index contributed by atoms with van der Waals surface area (Å²) in [6, 6.07) is 146. The molecule has 13 nitrogen and oxygen atoms in total. The lowest BCUT2D eigenvalue weighted by Gasteiger charge is -2.33. The Morgan fingerprint density at radius 1 is 0.224 bits per heavy atom. The predicted molar refractivity (Wildman–Crippen MR) is 593 cm³/mol. The Balaban J connectivity index is 0.000000113. The van der Waals surface area contributed by atoms with E-state index in [0.717, 1.165) is 98.7 Å². The molecule has 3 aliphatic rings. The van der Waals surface area contributed by atoms with Gasteiger partial charge in [0.25, 0.3) is 0 Å². The molecule has 0 saturated heterocycles. The molecule has 0 fully saturated rings. The molecule has 0 aliphatic heterocycles. The van der Waals surface area contributed by atoms with Crippen LogP contribution in [0.15, 0.2) is 506 Å². The molecule has 2 atom stereocenters. The fourth-order valence-electron chi connectivity index (χ4n) is 18.7. The van der Waals surface area contributed by atoms with Gasteiger partial charge in [-0.25, -0.2) is 44.9 Å². The quantitative estimate of drug-likeness (QED) is 0.0593. The fraction of sp³-hybridized carbons (Fsp3) is 0.0160. The van der Waals surface area contributed by atoms with Gasteiger partial charge >= 0.3 is 14.2 Å². The van der Waals surface area contributed by atoms with Gasteiger partial charge in [0.2, 0.25) is 0 Å². The molecule has 0 saturated carbocycles. The molecular weight excluding hydrogens is 1860 g/mol. The van der Waals surface area contributed by atoms with Crippen LogP contribution in [0, 0.1) is 11.8 Å². The highest BCUT2D eigenvalue weighted by Gasteiger charge is 2.34. The molecule has 143 heavy (non-hydrogen) atoms. The van der Waals surface area contributed by atoms with Crippen LogP contribution in [0.4, 0.5) is 0 Å². The number of halogens is 3. The van der Waals surface area contributed by atoms with Crippen molar-refractivity contribution in [1.29, 1.82) is 0 Å². The third kappa shape index (κ3) is 20.7. The molecule has 3 aromatic heterocycles. The van der Waals surface area contributed by atoms with Gasteiger partial charge in [0, 0.05) is 76.4 Å². The zero-order valence-electron chi connectivity index (χ0n) is 76.9. The van der Waals surface area contributed by atoms with Crippen LogP contribution in [0.5, 0.6) is 0 Å². The van der Waals surface area contributed by atoms with Crippen molar-refractivity contribution in [2.75, 3.05) is 0 Å². The largest absolute Gasteiger partial charge is 0.489 e. The third-order valence-corrected chi connectivity index (χ3v) is 26.3. The first-order valence-corrected chi connectivity index (χ1v) is 48.5. The van der Waals surface area contributed by atoms with Gasteiger partial charge in [-0.3, -0.25) is 0 Å². The second-order valence-corrected chi connectivity index (χ2v) is 36.4. The van der Waals surface area contributed by atoms with Crippen molar-refractivity contribution in [1.82, 2.24) is 44.9 Å².